The summed E-state index contributed by atoms with van der Waals surface area (Å²) in [6.45, 7) is 4.98. The lowest BCUT2D eigenvalue weighted by atomic mass is 9.99. The van der Waals surface area contributed by atoms with E-state index in [1.807, 2.05) is 11.8 Å². The number of nitrogens with zero attached hydrogens (tertiary/aromatic N) is 2. The maximum Gasteiger partial charge on any atom is 0.338 e. The second-order valence-electron chi connectivity index (χ2n) is 8.01. The predicted molar refractivity (Wildman–Crippen MR) is 113 cm³/mol. The standard InChI is InChI=1S/C23H30N2O6/c1-4-17-8-5-6-11-24(17)20(26)15(2)31-23(29)16-9-10-18-19(14-16)22(28)25(21(18)27)12-7-13-30-3/h9-10,14-15,17H,4-8,11-13H2,1-3H3. The van der Waals surface area contributed by atoms with Gasteiger partial charge in [-0.05, 0) is 57.2 Å². The Bertz CT molecular complexity index is 868. The van der Waals surface area contributed by atoms with Crippen molar-refractivity contribution < 1.29 is 28.7 Å². The average Bonchev–Trinajstić information content (AvgIpc) is 3.02. The molecule has 2 aliphatic rings. The van der Waals surface area contributed by atoms with Crippen molar-refractivity contribution in [2.24, 2.45) is 0 Å². The molecule has 3 rings (SSSR count). The smallest absolute Gasteiger partial charge is 0.338 e. The third kappa shape index (κ3) is 4.79. The van der Waals surface area contributed by atoms with Gasteiger partial charge < -0.3 is 14.4 Å². The van der Waals surface area contributed by atoms with Gasteiger partial charge in [0, 0.05) is 32.8 Å². The van der Waals surface area contributed by atoms with Crippen LogP contribution in [-0.2, 0) is 14.3 Å². The van der Waals surface area contributed by atoms with Gasteiger partial charge in [-0.3, -0.25) is 19.3 Å². The van der Waals surface area contributed by atoms with Crippen LogP contribution in [0.3, 0.4) is 0 Å². The van der Waals surface area contributed by atoms with Crippen molar-refractivity contribution in [2.45, 2.75) is 58.1 Å². The van der Waals surface area contributed by atoms with Gasteiger partial charge in [-0.25, -0.2) is 4.79 Å². The Morgan fingerprint density at radius 1 is 1.16 bits per heavy atom. The summed E-state index contributed by atoms with van der Waals surface area (Å²) in [5, 5.41) is 0. The molecule has 0 radical (unpaired) electrons. The van der Waals surface area contributed by atoms with Crippen molar-refractivity contribution in [2.75, 3.05) is 26.8 Å². The Balaban J connectivity index is 1.68. The summed E-state index contributed by atoms with van der Waals surface area (Å²) in [6, 6.07) is 4.47. The molecule has 8 nitrogen and oxygen atoms in total. The number of amides is 3. The van der Waals surface area contributed by atoms with E-state index in [1.54, 1.807) is 14.0 Å². The number of piperidine rings is 1. The number of likely N-dealkylation sites (tertiary alicyclic amines) is 1. The maximum atomic E-state index is 12.8. The molecule has 0 bridgehead atoms. The molecule has 168 valence electrons. The van der Waals surface area contributed by atoms with Crippen LogP contribution < -0.4 is 0 Å². The van der Waals surface area contributed by atoms with Gasteiger partial charge >= 0.3 is 5.97 Å². The molecule has 0 saturated carbocycles. The Hall–Kier alpha value is -2.74. The minimum Gasteiger partial charge on any atom is -0.449 e. The summed E-state index contributed by atoms with van der Waals surface area (Å²) in [5.41, 5.74) is 0.587. The first-order valence-corrected chi connectivity index (χ1v) is 10.9. The van der Waals surface area contributed by atoms with Crippen LogP contribution in [0.4, 0.5) is 0 Å². The highest BCUT2D eigenvalue weighted by atomic mass is 16.5. The van der Waals surface area contributed by atoms with Crippen molar-refractivity contribution in [3.63, 3.8) is 0 Å². The number of esters is 1. The molecule has 2 aliphatic heterocycles. The van der Waals surface area contributed by atoms with E-state index in [4.69, 9.17) is 9.47 Å². The maximum absolute atomic E-state index is 12.8. The fourth-order valence-electron chi connectivity index (χ4n) is 4.22. The number of benzene rings is 1. The first-order valence-electron chi connectivity index (χ1n) is 10.9. The van der Waals surface area contributed by atoms with Crippen LogP contribution >= 0.6 is 0 Å². The molecule has 2 heterocycles. The van der Waals surface area contributed by atoms with Crippen LogP contribution in [0, 0.1) is 0 Å². The van der Waals surface area contributed by atoms with Gasteiger partial charge in [-0.1, -0.05) is 6.92 Å². The van der Waals surface area contributed by atoms with Gasteiger partial charge in [0.25, 0.3) is 17.7 Å². The molecule has 2 unspecified atom stereocenters. The SMILES string of the molecule is CCC1CCCCN1C(=O)C(C)OC(=O)c1ccc2c(c1)C(=O)N(CCCOC)C2=O. The van der Waals surface area contributed by atoms with E-state index in [0.717, 1.165) is 30.6 Å². The lowest BCUT2D eigenvalue weighted by Crippen LogP contribution is -2.48. The summed E-state index contributed by atoms with van der Waals surface area (Å²) in [4.78, 5) is 53.6. The fraction of sp³-hybridized carbons (Fsp3) is 0.565. The van der Waals surface area contributed by atoms with E-state index in [2.05, 4.69) is 0 Å². The molecule has 1 aromatic carbocycles. The van der Waals surface area contributed by atoms with Crippen molar-refractivity contribution in [1.29, 1.82) is 0 Å². The third-order valence-corrected chi connectivity index (χ3v) is 5.95. The first kappa shape index (κ1) is 22.9. The lowest BCUT2D eigenvalue weighted by molar-refractivity contribution is -0.143. The van der Waals surface area contributed by atoms with E-state index in [9.17, 15) is 19.2 Å². The van der Waals surface area contributed by atoms with Crippen molar-refractivity contribution in [3.05, 3.63) is 34.9 Å². The molecule has 1 saturated heterocycles. The summed E-state index contributed by atoms with van der Waals surface area (Å²) >= 11 is 0. The van der Waals surface area contributed by atoms with Gasteiger partial charge in [-0.15, -0.1) is 0 Å². The molecule has 0 spiro atoms. The number of ether oxygens (including phenoxy) is 2. The van der Waals surface area contributed by atoms with Gasteiger partial charge in [0.1, 0.15) is 0 Å². The van der Waals surface area contributed by atoms with Crippen LogP contribution in [0.1, 0.15) is 77.0 Å². The minimum absolute atomic E-state index is 0.143. The molecule has 2 atom stereocenters. The molecule has 0 aliphatic carbocycles. The summed E-state index contributed by atoms with van der Waals surface area (Å²) in [6.07, 6.45) is 3.49. The van der Waals surface area contributed by atoms with E-state index in [-0.39, 0.29) is 41.1 Å². The van der Waals surface area contributed by atoms with Crippen LogP contribution in [-0.4, -0.2) is 72.4 Å². The van der Waals surface area contributed by atoms with Gasteiger partial charge in [-0.2, -0.15) is 0 Å². The summed E-state index contributed by atoms with van der Waals surface area (Å²) in [7, 11) is 1.56. The number of hydrogen-bond donors (Lipinski definition) is 0. The third-order valence-electron chi connectivity index (χ3n) is 5.95. The molecule has 1 aromatic rings. The Labute approximate surface area is 182 Å². The molecule has 1 fully saturated rings. The second kappa shape index (κ2) is 10.0. The molecule has 8 heteroatoms. The van der Waals surface area contributed by atoms with Crippen LogP contribution in [0.2, 0.25) is 0 Å². The highest BCUT2D eigenvalue weighted by Crippen LogP contribution is 2.25. The van der Waals surface area contributed by atoms with Crippen LogP contribution in [0.25, 0.3) is 0 Å². The van der Waals surface area contributed by atoms with Crippen molar-refractivity contribution >= 4 is 23.7 Å². The number of carbonyl (C=O) groups excluding carboxylic acids is 4. The number of fused-ring (bicyclic) bond motifs is 1. The minimum atomic E-state index is -0.921. The summed E-state index contributed by atoms with van der Waals surface area (Å²) in [5.74, 6) is -1.70. The predicted octanol–water partition coefficient (Wildman–Crippen LogP) is 2.66. The average molecular weight is 431 g/mol. The Morgan fingerprint density at radius 3 is 2.61 bits per heavy atom. The lowest BCUT2D eigenvalue weighted by Gasteiger charge is -2.36. The van der Waals surface area contributed by atoms with Gasteiger partial charge in [0.05, 0.1) is 16.7 Å². The molecule has 0 N–H and O–H groups in total. The van der Waals surface area contributed by atoms with E-state index in [1.165, 1.54) is 18.2 Å². The largest absolute Gasteiger partial charge is 0.449 e. The quantitative estimate of drug-likeness (QED) is 0.358. The highest BCUT2D eigenvalue weighted by molar-refractivity contribution is 6.22. The van der Waals surface area contributed by atoms with Gasteiger partial charge in [0.15, 0.2) is 6.10 Å². The number of imide groups is 1. The van der Waals surface area contributed by atoms with Gasteiger partial charge in [0.2, 0.25) is 0 Å². The molecular formula is C23H30N2O6. The normalized spacial score (nSPS) is 19.4. The topological polar surface area (TPSA) is 93.2 Å². The monoisotopic (exact) mass is 430 g/mol. The second-order valence-corrected chi connectivity index (χ2v) is 8.01. The Kier molecular flexibility index (Phi) is 7.43. The van der Waals surface area contributed by atoms with E-state index >= 15 is 0 Å². The van der Waals surface area contributed by atoms with Crippen molar-refractivity contribution in [1.82, 2.24) is 9.80 Å². The van der Waals surface area contributed by atoms with E-state index < -0.39 is 18.0 Å². The van der Waals surface area contributed by atoms with Crippen molar-refractivity contribution in [3.8, 4) is 0 Å². The molecule has 31 heavy (non-hydrogen) atoms. The fourth-order valence-corrected chi connectivity index (χ4v) is 4.22. The zero-order valence-electron chi connectivity index (χ0n) is 18.4. The van der Waals surface area contributed by atoms with Crippen LogP contribution in [0.15, 0.2) is 18.2 Å². The van der Waals surface area contributed by atoms with E-state index in [0.29, 0.717) is 19.6 Å². The Morgan fingerprint density at radius 2 is 1.90 bits per heavy atom. The summed E-state index contributed by atoms with van der Waals surface area (Å²) < 4.78 is 10.4. The number of carbonyl (C=O) groups is 4. The molecule has 3 amide bonds. The van der Waals surface area contributed by atoms with Crippen LogP contribution in [0.5, 0.6) is 0 Å². The number of hydrogen-bond acceptors (Lipinski definition) is 6. The first-order chi connectivity index (χ1) is 14.9. The number of methoxy groups -OCH3 is 1. The number of rotatable bonds is 8. The highest BCUT2D eigenvalue weighted by Gasteiger charge is 2.36. The zero-order valence-corrected chi connectivity index (χ0v) is 18.4. The molecular weight excluding hydrogens is 400 g/mol. The molecule has 0 aromatic heterocycles. The zero-order chi connectivity index (χ0) is 22.5.